The van der Waals surface area contributed by atoms with Gasteiger partial charge in [0.15, 0.2) is 0 Å². The molecule has 1 saturated heterocycles. The van der Waals surface area contributed by atoms with Crippen molar-refractivity contribution < 1.29 is 9.90 Å². The van der Waals surface area contributed by atoms with Crippen molar-refractivity contribution >= 4 is 5.97 Å². The van der Waals surface area contributed by atoms with Crippen molar-refractivity contribution in [3.63, 3.8) is 0 Å². The Morgan fingerprint density at radius 1 is 1.12 bits per heavy atom. The number of aliphatic carboxylic acids is 1. The number of carbonyl (C=O) groups is 1. The Morgan fingerprint density at radius 2 is 1.80 bits per heavy atom. The van der Waals surface area contributed by atoms with E-state index in [1.165, 1.54) is 11.1 Å². The molecule has 1 fully saturated rings. The number of piperazine rings is 1. The number of hydrogen-bond acceptors (Lipinski definition) is 4. The molecule has 1 aliphatic heterocycles. The molecular weight excluding hydrogens is 316 g/mol. The fourth-order valence-corrected chi connectivity index (χ4v) is 2.45. The summed E-state index contributed by atoms with van der Waals surface area (Å²) in [5, 5.41) is 19.2. The Morgan fingerprint density at radius 3 is 2.32 bits per heavy atom. The molecule has 0 radical (unpaired) electrons. The first-order valence-corrected chi connectivity index (χ1v) is 8.67. The SMILES string of the molecule is C/C=C\C(CN1CCN(N=NC/C=C\C(=C/C)C(=O)O)CC1)=C(C)C. The van der Waals surface area contributed by atoms with Crippen molar-refractivity contribution in [1.29, 1.82) is 0 Å². The van der Waals surface area contributed by atoms with Crippen molar-refractivity contribution in [2.24, 2.45) is 10.3 Å². The second-order valence-electron chi connectivity index (χ2n) is 6.12. The second-order valence-corrected chi connectivity index (χ2v) is 6.12. The highest BCUT2D eigenvalue weighted by Gasteiger charge is 2.16. The normalized spacial score (nSPS) is 17.1. The monoisotopic (exact) mass is 346 g/mol. The van der Waals surface area contributed by atoms with Gasteiger partial charge in [0.25, 0.3) is 0 Å². The van der Waals surface area contributed by atoms with Crippen molar-refractivity contribution in [2.45, 2.75) is 27.7 Å². The van der Waals surface area contributed by atoms with Crippen LogP contribution in [0.2, 0.25) is 0 Å². The molecular formula is C19H30N4O2. The summed E-state index contributed by atoms with van der Waals surface area (Å²) >= 11 is 0. The Labute approximate surface area is 150 Å². The maximum absolute atomic E-state index is 10.8. The lowest BCUT2D eigenvalue weighted by molar-refractivity contribution is -0.132. The molecule has 1 N–H and O–H groups in total. The van der Waals surface area contributed by atoms with E-state index in [9.17, 15) is 4.79 Å². The van der Waals surface area contributed by atoms with Gasteiger partial charge in [0.1, 0.15) is 0 Å². The first kappa shape index (κ1) is 20.8. The summed E-state index contributed by atoms with van der Waals surface area (Å²) in [6.45, 7) is 13.0. The van der Waals surface area contributed by atoms with Gasteiger partial charge in [0.05, 0.1) is 25.2 Å². The van der Waals surface area contributed by atoms with E-state index in [1.807, 2.05) is 11.9 Å². The molecule has 0 amide bonds. The molecule has 0 aliphatic carbocycles. The predicted octanol–water partition coefficient (Wildman–Crippen LogP) is 3.47. The molecule has 0 unspecified atom stereocenters. The van der Waals surface area contributed by atoms with Gasteiger partial charge in [-0.3, -0.25) is 9.91 Å². The van der Waals surface area contributed by atoms with Crippen LogP contribution >= 0.6 is 0 Å². The zero-order chi connectivity index (χ0) is 18.7. The molecule has 0 atom stereocenters. The molecule has 0 aromatic carbocycles. The lowest BCUT2D eigenvalue weighted by atomic mass is 10.1. The topological polar surface area (TPSA) is 68.5 Å². The minimum absolute atomic E-state index is 0.264. The van der Waals surface area contributed by atoms with Gasteiger partial charge < -0.3 is 5.11 Å². The third-order valence-electron chi connectivity index (χ3n) is 3.98. The van der Waals surface area contributed by atoms with E-state index in [2.05, 4.69) is 41.2 Å². The molecule has 138 valence electrons. The lowest BCUT2D eigenvalue weighted by Gasteiger charge is -2.32. The molecule has 1 aliphatic rings. The van der Waals surface area contributed by atoms with Gasteiger partial charge in [-0.25, -0.2) is 4.79 Å². The van der Waals surface area contributed by atoms with Crippen LogP contribution in [0.25, 0.3) is 0 Å². The summed E-state index contributed by atoms with van der Waals surface area (Å²) in [6, 6.07) is 0. The van der Waals surface area contributed by atoms with Crippen LogP contribution in [0.5, 0.6) is 0 Å². The molecule has 0 aromatic heterocycles. The van der Waals surface area contributed by atoms with Crippen LogP contribution in [0.15, 0.2) is 57.4 Å². The third-order valence-corrected chi connectivity index (χ3v) is 3.98. The Hall–Kier alpha value is -2.21. The van der Waals surface area contributed by atoms with Crippen molar-refractivity contribution in [3.8, 4) is 0 Å². The second kappa shape index (κ2) is 11.4. The van der Waals surface area contributed by atoms with E-state index in [4.69, 9.17) is 5.11 Å². The minimum Gasteiger partial charge on any atom is -0.478 e. The Bertz CT molecular complexity index is 576. The van der Waals surface area contributed by atoms with Crippen LogP contribution in [-0.2, 0) is 4.79 Å². The van der Waals surface area contributed by atoms with Gasteiger partial charge in [0, 0.05) is 19.6 Å². The smallest absolute Gasteiger partial charge is 0.335 e. The van der Waals surface area contributed by atoms with Crippen molar-refractivity contribution in [3.05, 3.63) is 47.1 Å². The van der Waals surface area contributed by atoms with Crippen LogP contribution in [0, 0.1) is 0 Å². The van der Waals surface area contributed by atoms with Gasteiger partial charge in [0.2, 0.25) is 0 Å². The molecule has 6 nitrogen and oxygen atoms in total. The average Bonchev–Trinajstić information content (AvgIpc) is 2.58. The summed E-state index contributed by atoms with van der Waals surface area (Å²) < 4.78 is 0. The average molecular weight is 346 g/mol. The van der Waals surface area contributed by atoms with Crippen LogP contribution < -0.4 is 0 Å². The van der Waals surface area contributed by atoms with E-state index < -0.39 is 5.97 Å². The number of hydrogen-bond donors (Lipinski definition) is 1. The predicted molar refractivity (Wildman–Crippen MR) is 101 cm³/mol. The summed E-state index contributed by atoms with van der Waals surface area (Å²) in [6.07, 6.45) is 9.10. The van der Waals surface area contributed by atoms with Crippen LogP contribution in [0.1, 0.15) is 27.7 Å². The summed E-state index contributed by atoms with van der Waals surface area (Å²) in [4.78, 5) is 13.3. The number of nitrogens with zero attached hydrogens (tertiary/aromatic N) is 4. The molecule has 1 heterocycles. The lowest BCUT2D eigenvalue weighted by Crippen LogP contribution is -2.44. The number of carboxylic acids is 1. The maximum Gasteiger partial charge on any atom is 0.335 e. The third kappa shape index (κ3) is 7.94. The zero-order valence-corrected chi connectivity index (χ0v) is 15.8. The Balaban J connectivity index is 2.38. The zero-order valence-electron chi connectivity index (χ0n) is 15.8. The highest BCUT2D eigenvalue weighted by Crippen LogP contribution is 2.11. The van der Waals surface area contributed by atoms with Gasteiger partial charge in [-0.15, -0.1) is 0 Å². The maximum atomic E-state index is 10.8. The standard InChI is InChI=1S/C19H30N4O2/c1-5-8-18(16(3)4)15-22-11-13-23(14-12-22)21-20-10-7-9-17(6-2)19(24)25/h5-9H,10-15H2,1-4H3,(H,24,25)/b8-5-,9-7-,17-6+,21-20?. The van der Waals surface area contributed by atoms with Crippen molar-refractivity contribution in [1.82, 2.24) is 9.91 Å². The van der Waals surface area contributed by atoms with Crippen LogP contribution in [0.4, 0.5) is 0 Å². The van der Waals surface area contributed by atoms with Crippen LogP contribution in [-0.4, -0.2) is 60.3 Å². The minimum atomic E-state index is -0.930. The van der Waals surface area contributed by atoms with E-state index in [-0.39, 0.29) is 5.57 Å². The summed E-state index contributed by atoms with van der Waals surface area (Å²) in [5.41, 5.74) is 3.00. The fourth-order valence-electron chi connectivity index (χ4n) is 2.45. The van der Waals surface area contributed by atoms with E-state index in [0.29, 0.717) is 6.54 Å². The van der Waals surface area contributed by atoms with E-state index in [0.717, 1.165) is 32.7 Å². The quantitative estimate of drug-likeness (QED) is 0.415. The Kier molecular flexibility index (Phi) is 9.47. The van der Waals surface area contributed by atoms with Crippen LogP contribution in [0.3, 0.4) is 0 Å². The highest BCUT2D eigenvalue weighted by atomic mass is 16.4. The molecule has 0 aromatic rings. The summed E-state index contributed by atoms with van der Waals surface area (Å²) in [5.74, 6) is -0.930. The molecule has 25 heavy (non-hydrogen) atoms. The number of allylic oxidation sites excluding steroid dienone is 3. The van der Waals surface area contributed by atoms with Crippen molar-refractivity contribution in [2.75, 3.05) is 39.3 Å². The fraction of sp³-hybridized carbons (Fsp3) is 0.526. The number of rotatable bonds is 8. The largest absolute Gasteiger partial charge is 0.478 e. The van der Waals surface area contributed by atoms with E-state index >= 15 is 0 Å². The first-order chi connectivity index (χ1) is 12.0. The van der Waals surface area contributed by atoms with E-state index in [1.54, 1.807) is 25.2 Å². The number of carboxylic acid groups (broad SMARTS) is 1. The van der Waals surface area contributed by atoms with Gasteiger partial charge in [-0.05, 0) is 33.3 Å². The molecule has 0 saturated carbocycles. The molecule has 0 spiro atoms. The molecule has 1 rings (SSSR count). The summed E-state index contributed by atoms with van der Waals surface area (Å²) in [7, 11) is 0. The first-order valence-electron chi connectivity index (χ1n) is 8.67. The van der Waals surface area contributed by atoms with Gasteiger partial charge in [-0.1, -0.05) is 41.2 Å². The molecule has 0 bridgehead atoms. The van der Waals surface area contributed by atoms with Gasteiger partial charge >= 0.3 is 5.97 Å². The highest BCUT2D eigenvalue weighted by molar-refractivity contribution is 5.89. The molecule has 6 heteroatoms. The van der Waals surface area contributed by atoms with Gasteiger partial charge in [-0.2, -0.15) is 5.11 Å².